The number of ether oxygens (including phenoxy) is 1. The van der Waals surface area contributed by atoms with E-state index in [1.165, 1.54) is 19.3 Å². The lowest BCUT2D eigenvalue weighted by Gasteiger charge is -2.35. The number of H-pyrrole nitrogens is 1. The van der Waals surface area contributed by atoms with Crippen molar-refractivity contribution in [3.63, 3.8) is 0 Å². The van der Waals surface area contributed by atoms with Crippen LogP contribution in [-0.4, -0.2) is 65.2 Å². The van der Waals surface area contributed by atoms with Gasteiger partial charge in [-0.25, -0.2) is 0 Å². The molecule has 2 heterocycles. The summed E-state index contributed by atoms with van der Waals surface area (Å²) in [4.78, 5) is 17.6. The van der Waals surface area contributed by atoms with Crippen LogP contribution in [0.25, 0.3) is 0 Å². The van der Waals surface area contributed by atoms with Crippen molar-refractivity contribution in [2.24, 2.45) is 0 Å². The standard InChI is InChI=1S/C19H32N4O2/c1-13-12-16-17(14(2)25-13)20-21-18(16)19(24)23(11-10-22(3)4)15-8-6-5-7-9-15/h13-15H,5-12H2,1-4H3,(H,20,21)/t13-,14+/m1/s1. The Labute approximate surface area is 150 Å². The van der Waals surface area contributed by atoms with E-state index in [1.54, 1.807) is 0 Å². The highest BCUT2D eigenvalue weighted by Gasteiger charge is 2.33. The molecule has 1 N–H and O–H groups in total. The Morgan fingerprint density at radius 1 is 1.20 bits per heavy atom. The summed E-state index contributed by atoms with van der Waals surface area (Å²) in [6.07, 6.45) is 6.80. The maximum atomic E-state index is 13.4. The first-order valence-electron chi connectivity index (χ1n) is 9.65. The van der Waals surface area contributed by atoms with Gasteiger partial charge in [0.2, 0.25) is 0 Å². The van der Waals surface area contributed by atoms with Crippen molar-refractivity contribution in [3.8, 4) is 0 Å². The highest BCUT2D eigenvalue weighted by molar-refractivity contribution is 5.94. The van der Waals surface area contributed by atoms with E-state index < -0.39 is 0 Å². The monoisotopic (exact) mass is 348 g/mol. The molecule has 140 valence electrons. The summed E-state index contributed by atoms with van der Waals surface area (Å²) in [5.41, 5.74) is 2.64. The fourth-order valence-corrected chi connectivity index (χ4v) is 4.14. The van der Waals surface area contributed by atoms with Crippen LogP contribution >= 0.6 is 0 Å². The number of aromatic amines is 1. The fourth-order valence-electron chi connectivity index (χ4n) is 4.14. The van der Waals surface area contributed by atoms with Gasteiger partial charge in [-0.05, 0) is 40.8 Å². The van der Waals surface area contributed by atoms with Gasteiger partial charge in [0.15, 0.2) is 5.69 Å². The predicted molar refractivity (Wildman–Crippen MR) is 97.7 cm³/mol. The van der Waals surface area contributed by atoms with Gasteiger partial charge in [0, 0.05) is 31.1 Å². The molecule has 1 aromatic heterocycles. The molecule has 1 fully saturated rings. The molecule has 3 rings (SSSR count). The summed E-state index contributed by atoms with van der Waals surface area (Å²) in [5, 5.41) is 7.48. The summed E-state index contributed by atoms with van der Waals surface area (Å²) in [5.74, 6) is 0.0903. The van der Waals surface area contributed by atoms with Gasteiger partial charge in [-0.3, -0.25) is 9.89 Å². The second-order valence-electron chi connectivity index (χ2n) is 7.85. The van der Waals surface area contributed by atoms with Crippen molar-refractivity contribution in [1.29, 1.82) is 0 Å². The Kier molecular flexibility index (Phi) is 5.79. The average Bonchev–Trinajstić information content (AvgIpc) is 2.99. The topological polar surface area (TPSA) is 61.5 Å². The van der Waals surface area contributed by atoms with Crippen molar-refractivity contribution < 1.29 is 9.53 Å². The van der Waals surface area contributed by atoms with E-state index in [1.807, 2.05) is 6.92 Å². The minimum absolute atomic E-state index is 0.0299. The third-order valence-corrected chi connectivity index (χ3v) is 5.50. The molecule has 6 heteroatoms. The number of fused-ring (bicyclic) bond motifs is 1. The van der Waals surface area contributed by atoms with Crippen LogP contribution in [0.1, 0.15) is 73.8 Å². The molecule has 0 saturated heterocycles. The van der Waals surface area contributed by atoms with Gasteiger partial charge in [0.25, 0.3) is 5.91 Å². The summed E-state index contributed by atoms with van der Waals surface area (Å²) in [7, 11) is 4.11. The molecule has 2 atom stereocenters. The van der Waals surface area contributed by atoms with Crippen LogP contribution in [0.2, 0.25) is 0 Å². The van der Waals surface area contributed by atoms with E-state index in [4.69, 9.17) is 4.74 Å². The Balaban J connectivity index is 1.84. The zero-order valence-corrected chi connectivity index (χ0v) is 16.0. The molecule has 1 amide bonds. The molecule has 25 heavy (non-hydrogen) atoms. The lowest BCUT2D eigenvalue weighted by molar-refractivity contribution is -0.00705. The number of nitrogens with one attached hydrogen (secondary N) is 1. The number of carbonyl (C=O) groups excluding carboxylic acids is 1. The van der Waals surface area contributed by atoms with Gasteiger partial charge in [0.1, 0.15) is 0 Å². The maximum absolute atomic E-state index is 13.4. The molecule has 1 saturated carbocycles. The first-order chi connectivity index (χ1) is 12.0. The Morgan fingerprint density at radius 2 is 1.92 bits per heavy atom. The lowest BCUT2D eigenvalue weighted by Crippen LogP contribution is -2.45. The molecule has 1 aromatic rings. The zero-order chi connectivity index (χ0) is 18.0. The first kappa shape index (κ1) is 18.4. The normalized spacial score (nSPS) is 24.4. The quantitative estimate of drug-likeness (QED) is 0.889. The predicted octanol–water partition coefficient (Wildman–Crippen LogP) is 2.77. The van der Waals surface area contributed by atoms with Crippen LogP contribution in [0.15, 0.2) is 0 Å². The molecular weight excluding hydrogens is 316 g/mol. The van der Waals surface area contributed by atoms with Crippen LogP contribution in [0.3, 0.4) is 0 Å². The van der Waals surface area contributed by atoms with Gasteiger partial charge in [-0.15, -0.1) is 0 Å². The van der Waals surface area contributed by atoms with Gasteiger partial charge < -0.3 is 14.5 Å². The molecule has 0 spiro atoms. The SMILES string of the molecule is C[C@@H]1Cc2c(C(=O)N(CCN(C)C)C3CCCCC3)n[nH]c2[C@H](C)O1. The van der Waals surface area contributed by atoms with Gasteiger partial charge in [-0.2, -0.15) is 5.10 Å². The smallest absolute Gasteiger partial charge is 0.274 e. The first-order valence-corrected chi connectivity index (χ1v) is 9.65. The number of aromatic nitrogens is 2. The minimum Gasteiger partial charge on any atom is -0.369 e. The number of nitrogens with zero attached hydrogens (tertiary/aromatic N) is 3. The van der Waals surface area contributed by atoms with Crippen molar-refractivity contribution >= 4 is 5.91 Å². The largest absolute Gasteiger partial charge is 0.369 e. The fraction of sp³-hybridized carbons (Fsp3) is 0.789. The zero-order valence-electron chi connectivity index (χ0n) is 16.0. The number of hydrogen-bond donors (Lipinski definition) is 1. The summed E-state index contributed by atoms with van der Waals surface area (Å²) >= 11 is 0. The number of amides is 1. The summed E-state index contributed by atoms with van der Waals surface area (Å²) < 4.78 is 5.86. The molecule has 2 aliphatic rings. The average molecular weight is 348 g/mol. The Hall–Kier alpha value is -1.40. The van der Waals surface area contributed by atoms with Crippen molar-refractivity contribution in [2.75, 3.05) is 27.2 Å². The molecule has 1 aliphatic carbocycles. The Bertz CT molecular complexity index is 592. The highest BCUT2D eigenvalue weighted by Crippen LogP contribution is 2.31. The van der Waals surface area contributed by atoms with Crippen LogP contribution in [0, 0.1) is 0 Å². The lowest BCUT2D eigenvalue weighted by atomic mass is 9.93. The molecule has 0 bridgehead atoms. The van der Waals surface area contributed by atoms with E-state index in [2.05, 4.69) is 41.0 Å². The van der Waals surface area contributed by atoms with Gasteiger partial charge in [0.05, 0.1) is 17.9 Å². The highest BCUT2D eigenvalue weighted by atomic mass is 16.5. The number of carbonyl (C=O) groups is 1. The van der Waals surface area contributed by atoms with E-state index in [0.29, 0.717) is 11.7 Å². The number of likely N-dealkylation sites (N-methyl/N-ethyl adjacent to an activating group) is 1. The molecule has 1 aliphatic heterocycles. The second-order valence-corrected chi connectivity index (χ2v) is 7.85. The van der Waals surface area contributed by atoms with Gasteiger partial charge >= 0.3 is 0 Å². The summed E-state index contributed by atoms with van der Waals surface area (Å²) in [6, 6.07) is 0.350. The van der Waals surface area contributed by atoms with Crippen LogP contribution in [-0.2, 0) is 11.2 Å². The van der Waals surface area contributed by atoms with E-state index >= 15 is 0 Å². The van der Waals surface area contributed by atoms with Crippen LogP contribution in [0.5, 0.6) is 0 Å². The number of hydrogen-bond acceptors (Lipinski definition) is 4. The molecule has 0 aromatic carbocycles. The minimum atomic E-state index is -0.0299. The van der Waals surface area contributed by atoms with Crippen LogP contribution in [0.4, 0.5) is 0 Å². The van der Waals surface area contributed by atoms with E-state index in [-0.39, 0.29) is 18.1 Å². The third-order valence-electron chi connectivity index (χ3n) is 5.50. The molecule has 6 nitrogen and oxygen atoms in total. The van der Waals surface area contributed by atoms with E-state index in [9.17, 15) is 4.79 Å². The molecular formula is C19H32N4O2. The maximum Gasteiger partial charge on any atom is 0.274 e. The van der Waals surface area contributed by atoms with Crippen molar-refractivity contribution in [2.45, 2.75) is 70.6 Å². The van der Waals surface area contributed by atoms with Crippen molar-refractivity contribution in [1.82, 2.24) is 20.0 Å². The second kappa shape index (κ2) is 7.87. The van der Waals surface area contributed by atoms with E-state index in [0.717, 1.165) is 43.6 Å². The third kappa shape index (κ3) is 4.06. The van der Waals surface area contributed by atoms with Gasteiger partial charge in [-0.1, -0.05) is 19.3 Å². The summed E-state index contributed by atoms with van der Waals surface area (Å²) in [6.45, 7) is 5.72. The van der Waals surface area contributed by atoms with Crippen LogP contribution < -0.4 is 0 Å². The van der Waals surface area contributed by atoms with Crippen molar-refractivity contribution in [3.05, 3.63) is 17.0 Å². The number of rotatable bonds is 5. The Morgan fingerprint density at radius 3 is 2.60 bits per heavy atom. The molecule has 0 unspecified atom stereocenters. The molecule has 0 radical (unpaired) electrons.